The Labute approximate surface area is 59.3 Å². The number of rotatable bonds is 3. The van der Waals surface area contributed by atoms with Crippen molar-refractivity contribution >= 4 is 12.3 Å². The van der Waals surface area contributed by atoms with Crippen molar-refractivity contribution in [2.75, 3.05) is 7.11 Å². The quantitative estimate of drug-likeness (QED) is 0.428. The molecule has 0 bridgehead atoms. The Hall–Kier alpha value is -0.900. The summed E-state index contributed by atoms with van der Waals surface area (Å²) in [6, 6.07) is 0. The van der Waals surface area contributed by atoms with Crippen LogP contribution in [-0.2, 0) is 14.3 Å². The molecule has 0 aromatic carbocycles. The van der Waals surface area contributed by atoms with Crippen molar-refractivity contribution in [3.05, 3.63) is 0 Å². The highest BCUT2D eigenvalue weighted by Gasteiger charge is 2.28. The number of nitrogens with two attached hydrogens (primary N) is 1. The fourth-order valence-electron chi connectivity index (χ4n) is 0.490. The van der Waals surface area contributed by atoms with Gasteiger partial charge in [0.05, 0.1) is 7.11 Å². The topological polar surface area (TPSA) is 69.4 Å². The summed E-state index contributed by atoms with van der Waals surface area (Å²) in [5.74, 6) is -0.570. The number of ether oxygens (including phenoxy) is 1. The van der Waals surface area contributed by atoms with Crippen molar-refractivity contribution in [2.45, 2.75) is 18.9 Å². The van der Waals surface area contributed by atoms with Crippen LogP contribution in [0.1, 0.15) is 13.3 Å². The van der Waals surface area contributed by atoms with Gasteiger partial charge in [0.25, 0.3) is 0 Å². The maximum atomic E-state index is 10.7. The third-order valence-corrected chi connectivity index (χ3v) is 1.16. The molecule has 0 aliphatic heterocycles. The summed E-state index contributed by atoms with van der Waals surface area (Å²) in [5, 5.41) is 0. The van der Waals surface area contributed by atoms with Gasteiger partial charge in [-0.3, -0.25) is 4.79 Å². The normalized spacial score (nSPS) is 15.5. The minimum atomic E-state index is -1.17. The summed E-state index contributed by atoms with van der Waals surface area (Å²) in [5.41, 5.74) is 4.21. The molecule has 58 valence electrons. The third kappa shape index (κ3) is 2.14. The number of esters is 1. The predicted molar refractivity (Wildman–Crippen MR) is 35.3 cm³/mol. The molecule has 0 saturated carbocycles. The fraction of sp³-hybridized carbons (Fsp3) is 0.667. The monoisotopic (exact) mass is 145 g/mol. The lowest BCUT2D eigenvalue weighted by Crippen LogP contribution is -2.45. The van der Waals surface area contributed by atoms with Crippen LogP contribution in [0.3, 0.4) is 0 Å². The molecule has 0 amide bonds. The first-order valence-corrected chi connectivity index (χ1v) is 2.85. The van der Waals surface area contributed by atoms with Gasteiger partial charge < -0.3 is 15.3 Å². The lowest BCUT2D eigenvalue weighted by Gasteiger charge is -2.17. The number of carbonyl (C=O) groups is 2. The van der Waals surface area contributed by atoms with Crippen LogP contribution < -0.4 is 5.73 Å². The van der Waals surface area contributed by atoms with Crippen molar-refractivity contribution in [2.24, 2.45) is 5.73 Å². The van der Waals surface area contributed by atoms with E-state index < -0.39 is 11.5 Å². The van der Waals surface area contributed by atoms with Crippen LogP contribution in [-0.4, -0.2) is 24.9 Å². The summed E-state index contributed by atoms with van der Waals surface area (Å²) in [7, 11) is 1.23. The van der Waals surface area contributed by atoms with Gasteiger partial charge in [0.15, 0.2) is 0 Å². The second-order valence-electron chi connectivity index (χ2n) is 2.28. The third-order valence-electron chi connectivity index (χ3n) is 1.16. The maximum absolute atomic E-state index is 10.7. The number of methoxy groups -OCH3 is 1. The minimum absolute atomic E-state index is 0.0142. The van der Waals surface area contributed by atoms with Crippen LogP contribution in [0.4, 0.5) is 0 Å². The average Bonchev–Trinajstić information content (AvgIpc) is 1.86. The Morgan fingerprint density at radius 1 is 1.80 bits per heavy atom. The molecule has 0 aliphatic rings. The van der Waals surface area contributed by atoms with Crippen molar-refractivity contribution in [3.63, 3.8) is 0 Å². The summed E-state index contributed by atoms with van der Waals surface area (Å²) in [6.45, 7) is 1.45. The highest BCUT2D eigenvalue weighted by Crippen LogP contribution is 2.04. The number of carbonyl (C=O) groups excluding carboxylic acids is 2. The average molecular weight is 145 g/mol. The van der Waals surface area contributed by atoms with Gasteiger partial charge in [-0.1, -0.05) is 0 Å². The molecule has 0 radical (unpaired) electrons. The SMILES string of the molecule is COC(=O)[C@@](C)(N)CC=O. The van der Waals surface area contributed by atoms with Crippen LogP contribution in [0.25, 0.3) is 0 Å². The zero-order valence-corrected chi connectivity index (χ0v) is 6.09. The molecule has 1 atom stereocenters. The molecule has 0 heterocycles. The van der Waals surface area contributed by atoms with Crippen molar-refractivity contribution in [3.8, 4) is 0 Å². The van der Waals surface area contributed by atoms with Crippen LogP contribution in [0.5, 0.6) is 0 Å². The molecule has 0 aliphatic carbocycles. The van der Waals surface area contributed by atoms with Crippen LogP contribution in [0, 0.1) is 0 Å². The molecule has 2 N–H and O–H groups in total. The molecular weight excluding hydrogens is 134 g/mol. The summed E-state index contributed by atoms with van der Waals surface area (Å²) < 4.78 is 4.34. The van der Waals surface area contributed by atoms with Gasteiger partial charge in [-0.15, -0.1) is 0 Å². The van der Waals surface area contributed by atoms with Crippen LogP contribution >= 0.6 is 0 Å². The number of aldehydes is 1. The molecule has 4 nitrogen and oxygen atoms in total. The summed E-state index contributed by atoms with van der Waals surface area (Å²) >= 11 is 0. The van der Waals surface area contributed by atoms with E-state index in [0.717, 1.165) is 0 Å². The summed E-state index contributed by atoms with van der Waals surface area (Å²) in [4.78, 5) is 20.7. The first-order valence-electron chi connectivity index (χ1n) is 2.85. The molecule has 0 fully saturated rings. The molecular formula is C6H11NO3. The molecule has 0 aromatic heterocycles. The predicted octanol–water partition coefficient (Wildman–Crippen LogP) is -0.534. The van der Waals surface area contributed by atoms with Gasteiger partial charge in [0.2, 0.25) is 0 Å². The molecule has 0 rings (SSSR count). The lowest BCUT2D eigenvalue weighted by molar-refractivity contribution is -0.147. The van der Waals surface area contributed by atoms with E-state index in [9.17, 15) is 9.59 Å². The van der Waals surface area contributed by atoms with Crippen molar-refractivity contribution in [1.29, 1.82) is 0 Å². The van der Waals surface area contributed by atoms with E-state index in [0.29, 0.717) is 6.29 Å². The van der Waals surface area contributed by atoms with Gasteiger partial charge in [0, 0.05) is 6.42 Å². The summed E-state index contributed by atoms with van der Waals surface area (Å²) in [6.07, 6.45) is 0.580. The minimum Gasteiger partial charge on any atom is -0.468 e. The van der Waals surface area contributed by atoms with E-state index in [-0.39, 0.29) is 6.42 Å². The number of hydrogen-bond donors (Lipinski definition) is 1. The van der Waals surface area contributed by atoms with Crippen LogP contribution in [0.15, 0.2) is 0 Å². The number of hydrogen-bond acceptors (Lipinski definition) is 4. The smallest absolute Gasteiger partial charge is 0.325 e. The lowest BCUT2D eigenvalue weighted by atomic mass is 10.0. The van der Waals surface area contributed by atoms with E-state index in [2.05, 4.69) is 4.74 Å². The first-order chi connectivity index (χ1) is 4.54. The fourth-order valence-corrected chi connectivity index (χ4v) is 0.490. The van der Waals surface area contributed by atoms with E-state index in [1.807, 2.05) is 0 Å². The second kappa shape index (κ2) is 3.31. The van der Waals surface area contributed by atoms with E-state index in [1.165, 1.54) is 14.0 Å². The zero-order valence-electron chi connectivity index (χ0n) is 6.09. The van der Waals surface area contributed by atoms with Gasteiger partial charge in [-0.05, 0) is 6.92 Å². The Morgan fingerprint density at radius 3 is 2.60 bits per heavy atom. The Balaban J connectivity index is 4.08. The highest BCUT2D eigenvalue weighted by molar-refractivity contribution is 5.82. The van der Waals surface area contributed by atoms with Gasteiger partial charge in [0.1, 0.15) is 11.8 Å². The zero-order chi connectivity index (χ0) is 8.20. The Morgan fingerprint density at radius 2 is 2.30 bits per heavy atom. The highest BCUT2D eigenvalue weighted by atomic mass is 16.5. The Kier molecular flexibility index (Phi) is 3.02. The molecule has 0 spiro atoms. The van der Waals surface area contributed by atoms with E-state index in [4.69, 9.17) is 5.73 Å². The maximum Gasteiger partial charge on any atom is 0.325 e. The van der Waals surface area contributed by atoms with Crippen molar-refractivity contribution in [1.82, 2.24) is 0 Å². The standard InChI is InChI=1S/C6H11NO3/c1-6(7,3-4-8)5(9)10-2/h4H,3,7H2,1-2H3/t6-/m0/s1. The molecule has 4 heteroatoms. The van der Waals surface area contributed by atoms with Crippen molar-refractivity contribution < 1.29 is 14.3 Å². The molecule has 10 heavy (non-hydrogen) atoms. The van der Waals surface area contributed by atoms with Gasteiger partial charge in [-0.2, -0.15) is 0 Å². The molecule has 0 aromatic rings. The Bertz CT molecular complexity index is 142. The second-order valence-corrected chi connectivity index (χ2v) is 2.28. The van der Waals surface area contributed by atoms with E-state index in [1.54, 1.807) is 0 Å². The van der Waals surface area contributed by atoms with Crippen LogP contribution in [0.2, 0.25) is 0 Å². The largest absolute Gasteiger partial charge is 0.468 e. The van der Waals surface area contributed by atoms with Gasteiger partial charge >= 0.3 is 5.97 Å². The van der Waals surface area contributed by atoms with Gasteiger partial charge in [-0.25, -0.2) is 0 Å². The van der Waals surface area contributed by atoms with E-state index >= 15 is 0 Å². The molecule has 0 saturated heterocycles. The molecule has 0 unspecified atom stereocenters. The first kappa shape index (κ1) is 9.10.